The maximum absolute atomic E-state index is 11.1. The highest BCUT2D eigenvalue weighted by molar-refractivity contribution is 5.71. The highest BCUT2D eigenvalue weighted by atomic mass is 16.6. The van der Waals surface area contributed by atoms with E-state index in [1.165, 1.54) is 18.9 Å². The first-order valence-electron chi connectivity index (χ1n) is 7.47. The molecule has 0 heterocycles. The Morgan fingerprint density at radius 1 is 1.00 bits per heavy atom. The monoisotopic (exact) mass is 298 g/mol. The molecule has 1 aliphatic rings. The van der Waals surface area contributed by atoms with E-state index >= 15 is 0 Å². The van der Waals surface area contributed by atoms with Crippen LogP contribution >= 0.6 is 0 Å². The van der Waals surface area contributed by atoms with Gasteiger partial charge in [0.1, 0.15) is 11.2 Å². The molecule has 4 heteroatoms. The smallest absolute Gasteiger partial charge is 0.310 e. The first kappa shape index (κ1) is 19.7. The summed E-state index contributed by atoms with van der Waals surface area (Å²) in [6, 6.07) is 0. The van der Waals surface area contributed by atoms with E-state index in [1.54, 1.807) is 0 Å². The van der Waals surface area contributed by atoms with Crippen LogP contribution in [0.1, 0.15) is 67.2 Å². The van der Waals surface area contributed by atoms with Crippen LogP contribution in [0, 0.1) is 5.92 Å². The Kier molecular flexibility index (Phi) is 7.69. The molecule has 0 aromatic heterocycles. The fraction of sp³-hybridized carbons (Fsp3) is 0.765. The molecule has 21 heavy (non-hydrogen) atoms. The summed E-state index contributed by atoms with van der Waals surface area (Å²) in [6.45, 7) is 14.7. The molecule has 4 nitrogen and oxygen atoms in total. The zero-order valence-electron chi connectivity index (χ0n) is 14.3. The van der Waals surface area contributed by atoms with Crippen molar-refractivity contribution in [2.24, 2.45) is 5.92 Å². The molecule has 0 bridgehead atoms. The van der Waals surface area contributed by atoms with Gasteiger partial charge in [-0.3, -0.25) is 9.59 Å². The number of carbonyl (C=O) groups is 2. The van der Waals surface area contributed by atoms with Crippen LogP contribution in [-0.4, -0.2) is 23.1 Å². The van der Waals surface area contributed by atoms with Gasteiger partial charge in [-0.2, -0.15) is 0 Å². The van der Waals surface area contributed by atoms with Crippen LogP contribution < -0.4 is 0 Å². The third-order valence-electron chi connectivity index (χ3n) is 2.30. The highest BCUT2D eigenvalue weighted by Gasteiger charge is 2.27. The summed E-state index contributed by atoms with van der Waals surface area (Å²) in [6.07, 6.45) is 4.86. The molecule has 0 aromatic rings. The molecule has 0 atom stereocenters. The van der Waals surface area contributed by atoms with E-state index in [2.05, 4.69) is 6.58 Å². The lowest BCUT2D eigenvalue weighted by molar-refractivity contribution is -0.155. The van der Waals surface area contributed by atoms with Gasteiger partial charge in [0.05, 0.1) is 6.42 Å². The minimum atomic E-state index is -0.375. The van der Waals surface area contributed by atoms with Gasteiger partial charge in [0.2, 0.25) is 0 Å². The Balaban J connectivity index is 0.000000384. The fourth-order valence-corrected chi connectivity index (χ4v) is 1.44. The van der Waals surface area contributed by atoms with Gasteiger partial charge >= 0.3 is 11.9 Å². The molecule has 1 aliphatic carbocycles. The molecule has 0 aromatic carbocycles. The molecular weight excluding hydrogens is 268 g/mol. The second kappa shape index (κ2) is 8.20. The quantitative estimate of drug-likeness (QED) is 0.581. The van der Waals surface area contributed by atoms with E-state index < -0.39 is 0 Å². The molecule has 0 saturated heterocycles. The molecule has 0 N–H and O–H groups in total. The van der Waals surface area contributed by atoms with Crippen molar-refractivity contribution in [2.75, 3.05) is 0 Å². The zero-order chi connectivity index (χ0) is 16.7. The van der Waals surface area contributed by atoms with Crippen LogP contribution in [0.25, 0.3) is 0 Å². The molecule has 0 radical (unpaired) electrons. The Bertz CT molecular complexity index is 354. The molecular formula is C17H30O4. The predicted octanol–water partition coefficient (Wildman–Crippen LogP) is 4.03. The number of esters is 2. The maximum atomic E-state index is 11.1. The van der Waals surface area contributed by atoms with Crippen molar-refractivity contribution in [3.8, 4) is 0 Å². The van der Waals surface area contributed by atoms with Gasteiger partial charge in [-0.15, -0.1) is 6.58 Å². The third-order valence-corrected chi connectivity index (χ3v) is 2.30. The summed E-state index contributed by atoms with van der Waals surface area (Å²) in [4.78, 5) is 21.9. The largest absolute Gasteiger partial charge is 0.460 e. The molecule has 0 aliphatic heterocycles. The predicted molar refractivity (Wildman–Crippen MR) is 83.8 cm³/mol. The van der Waals surface area contributed by atoms with Gasteiger partial charge in [-0.25, -0.2) is 0 Å². The van der Waals surface area contributed by atoms with E-state index in [-0.39, 0.29) is 29.6 Å². The van der Waals surface area contributed by atoms with Crippen molar-refractivity contribution in [3.05, 3.63) is 12.7 Å². The summed E-state index contributed by atoms with van der Waals surface area (Å²) in [5.74, 6) is 0.368. The summed E-state index contributed by atoms with van der Waals surface area (Å²) in [7, 11) is 0. The lowest BCUT2D eigenvalue weighted by atomic mass is 10.2. The second-order valence-corrected chi connectivity index (χ2v) is 7.31. The molecule has 0 unspecified atom stereocenters. The van der Waals surface area contributed by atoms with Crippen LogP contribution in [0.3, 0.4) is 0 Å². The third kappa shape index (κ3) is 14.9. The van der Waals surface area contributed by atoms with Crippen molar-refractivity contribution < 1.29 is 19.1 Å². The highest BCUT2D eigenvalue weighted by Crippen LogP contribution is 2.33. The molecule has 1 rings (SSSR count). The van der Waals surface area contributed by atoms with Crippen molar-refractivity contribution in [1.82, 2.24) is 0 Å². The summed E-state index contributed by atoms with van der Waals surface area (Å²) >= 11 is 0. The van der Waals surface area contributed by atoms with Crippen molar-refractivity contribution >= 4 is 11.9 Å². The molecule has 1 saturated carbocycles. The van der Waals surface area contributed by atoms with Gasteiger partial charge in [0, 0.05) is 6.42 Å². The zero-order valence-corrected chi connectivity index (χ0v) is 14.3. The number of ether oxygens (including phenoxy) is 2. The summed E-state index contributed by atoms with van der Waals surface area (Å²) in [5.41, 5.74) is -0.688. The Morgan fingerprint density at radius 2 is 1.43 bits per heavy atom. The Labute approximate surface area is 128 Å². The Morgan fingerprint density at radius 3 is 1.76 bits per heavy atom. The standard InChI is InChI=1S/C9H16O2.C8H14O2/c1-9(2,3)11-8(10)6-7-4-5-7;1-5-6-7(9)10-8(2,3)4/h7H,4-6H2,1-3H3;5H,1,6H2,2-4H3. The van der Waals surface area contributed by atoms with Crippen molar-refractivity contribution in [1.29, 1.82) is 0 Å². The lowest BCUT2D eigenvalue weighted by Gasteiger charge is -2.19. The van der Waals surface area contributed by atoms with Crippen LogP contribution in [0.15, 0.2) is 12.7 Å². The van der Waals surface area contributed by atoms with E-state index in [9.17, 15) is 9.59 Å². The van der Waals surface area contributed by atoms with Crippen LogP contribution in [0.5, 0.6) is 0 Å². The van der Waals surface area contributed by atoms with Crippen molar-refractivity contribution in [3.63, 3.8) is 0 Å². The molecule has 0 spiro atoms. The molecule has 1 fully saturated rings. The number of hydrogen-bond donors (Lipinski definition) is 0. The summed E-state index contributed by atoms with van der Waals surface area (Å²) < 4.78 is 10.1. The minimum absolute atomic E-state index is 0.0417. The van der Waals surface area contributed by atoms with Crippen LogP contribution in [-0.2, 0) is 19.1 Å². The average molecular weight is 298 g/mol. The first-order chi connectivity index (χ1) is 9.43. The SMILES string of the molecule is C=CCC(=O)OC(C)(C)C.CC(C)(C)OC(=O)CC1CC1. The van der Waals surface area contributed by atoms with E-state index in [4.69, 9.17) is 9.47 Å². The number of rotatable bonds is 4. The minimum Gasteiger partial charge on any atom is -0.460 e. The van der Waals surface area contributed by atoms with Gasteiger partial charge in [0.25, 0.3) is 0 Å². The summed E-state index contributed by atoms with van der Waals surface area (Å²) in [5, 5.41) is 0. The number of hydrogen-bond acceptors (Lipinski definition) is 4. The molecule has 122 valence electrons. The van der Waals surface area contributed by atoms with E-state index in [0.29, 0.717) is 12.3 Å². The fourth-order valence-electron chi connectivity index (χ4n) is 1.44. The molecule has 0 amide bonds. The maximum Gasteiger partial charge on any atom is 0.310 e. The van der Waals surface area contributed by atoms with Gasteiger partial charge in [-0.05, 0) is 60.3 Å². The first-order valence-corrected chi connectivity index (χ1v) is 7.47. The lowest BCUT2D eigenvalue weighted by Crippen LogP contribution is -2.23. The number of carbonyl (C=O) groups excluding carboxylic acids is 2. The van der Waals surface area contributed by atoms with Crippen molar-refractivity contribution in [2.45, 2.75) is 78.4 Å². The van der Waals surface area contributed by atoms with Gasteiger partial charge in [0.15, 0.2) is 0 Å². The van der Waals surface area contributed by atoms with Gasteiger partial charge in [-0.1, -0.05) is 6.08 Å². The van der Waals surface area contributed by atoms with E-state index in [0.717, 1.165) is 0 Å². The van der Waals surface area contributed by atoms with Crippen LogP contribution in [0.2, 0.25) is 0 Å². The average Bonchev–Trinajstić information content (AvgIpc) is 2.96. The van der Waals surface area contributed by atoms with Crippen LogP contribution in [0.4, 0.5) is 0 Å². The van der Waals surface area contributed by atoms with Gasteiger partial charge < -0.3 is 9.47 Å². The second-order valence-electron chi connectivity index (χ2n) is 7.31. The topological polar surface area (TPSA) is 52.6 Å². The Hall–Kier alpha value is -1.32. The normalized spacial score (nSPS) is 14.6. The van der Waals surface area contributed by atoms with E-state index in [1.807, 2.05) is 41.5 Å².